The Labute approximate surface area is 184 Å². The zero-order chi connectivity index (χ0) is 20.6. The number of hydrogen-bond donors (Lipinski definition) is 0. The second-order valence-electron chi connectivity index (χ2n) is 7.62. The molecule has 0 aliphatic heterocycles. The quantitative estimate of drug-likeness (QED) is 0.369. The van der Waals surface area contributed by atoms with Gasteiger partial charge in [-0.1, -0.05) is 42.5 Å². The standard InChI is InChI=1S/C25H27NO3.ClH/c1-26(2)18-22-10-6-9-21(25(22)28)17-20-11-14-23(15-12-20)29-24(27)16-13-19-7-4-3-5-8-19;/h3-5,7-8,11-17,22H,6,9-10,18H2,1-2H3;1H/b16-13?,21-17+;. The molecule has 1 atom stereocenters. The summed E-state index contributed by atoms with van der Waals surface area (Å²) in [6.45, 7) is 0.793. The van der Waals surface area contributed by atoms with Crippen molar-refractivity contribution in [3.05, 3.63) is 77.4 Å². The molecule has 1 aliphatic carbocycles. The number of benzene rings is 2. The Hall–Kier alpha value is -2.69. The summed E-state index contributed by atoms with van der Waals surface area (Å²) in [5.74, 6) is 0.400. The van der Waals surface area contributed by atoms with Gasteiger partial charge in [0, 0.05) is 18.5 Å². The molecule has 3 rings (SSSR count). The lowest BCUT2D eigenvalue weighted by atomic mass is 9.83. The molecule has 0 spiro atoms. The van der Waals surface area contributed by atoms with Crippen molar-refractivity contribution in [1.29, 1.82) is 0 Å². The van der Waals surface area contributed by atoms with Crippen LogP contribution in [0.1, 0.15) is 30.4 Å². The van der Waals surface area contributed by atoms with E-state index >= 15 is 0 Å². The number of rotatable bonds is 6. The van der Waals surface area contributed by atoms with Crippen LogP contribution in [0.15, 0.2) is 66.2 Å². The number of ketones is 1. The minimum Gasteiger partial charge on any atom is -0.423 e. The highest BCUT2D eigenvalue weighted by Crippen LogP contribution is 2.27. The molecule has 0 heterocycles. The maximum atomic E-state index is 12.7. The van der Waals surface area contributed by atoms with Gasteiger partial charge in [-0.15, -0.1) is 12.4 Å². The van der Waals surface area contributed by atoms with E-state index in [-0.39, 0.29) is 24.1 Å². The first-order valence-electron chi connectivity index (χ1n) is 9.96. The van der Waals surface area contributed by atoms with E-state index in [9.17, 15) is 9.59 Å². The number of carbonyl (C=O) groups is 2. The molecule has 1 fully saturated rings. The molecule has 0 saturated heterocycles. The van der Waals surface area contributed by atoms with Crippen molar-refractivity contribution in [1.82, 2.24) is 4.90 Å². The minimum atomic E-state index is -0.422. The zero-order valence-corrected chi connectivity index (χ0v) is 18.2. The molecule has 0 aromatic heterocycles. The van der Waals surface area contributed by atoms with Gasteiger partial charge in [0.2, 0.25) is 0 Å². The molecule has 2 aromatic rings. The van der Waals surface area contributed by atoms with Gasteiger partial charge in [-0.25, -0.2) is 4.79 Å². The van der Waals surface area contributed by atoms with E-state index in [1.807, 2.05) is 62.6 Å². The summed E-state index contributed by atoms with van der Waals surface area (Å²) in [5.41, 5.74) is 2.77. The molecule has 1 unspecified atom stereocenters. The van der Waals surface area contributed by atoms with E-state index in [1.165, 1.54) is 6.08 Å². The summed E-state index contributed by atoms with van der Waals surface area (Å²) < 4.78 is 5.34. The summed E-state index contributed by atoms with van der Waals surface area (Å²) in [6.07, 6.45) is 7.92. The molecule has 5 heteroatoms. The molecule has 1 saturated carbocycles. The number of halogens is 1. The van der Waals surface area contributed by atoms with Gasteiger partial charge in [0.1, 0.15) is 5.75 Å². The summed E-state index contributed by atoms with van der Waals surface area (Å²) in [4.78, 5) is 26.8. The van der Waals surface area contributed by atoms with Crippen molar-refractivity contribution < 1.29 is 14.3 Å². The number of carbonyl (C=O) groups excluding carboxylic acids is 2. The Morgan fingerprint density at radius 2 is 1.77 bits per heavy atom. The van der Waals surface area contributed by atoms with Crippen LogP contribution >= 0.6 is 12.4 Å². The molecule has 0 N–H and O–H groups in total. The summed E-state index contributed by atoms with van der Waals surface area (Å²) in [7, 11) is 4.00. The lowest BCUT2D eigenvalue weighted by molar-refractivity contribution is -0.129. The lowest BCUT2D eigenvalue weighted by Gasteiger charge is -2.25. The third-order valence-electron chi connectivity index (χ3n) is 4.92. The molecule has 2 aromatic carbocycles. The maximum Gasteiger partial charge on any atom is 0.336 e. The van der Waals surface area contributed by atoms with Gasteiger partial charge in [-0.3, -0.25) is 4.79 Å². The van der Waals surface area contributed by atoms with E-state index in [0.29, 0.717) is 5.75 Å². The van der Waals surface area contributed by atoms with Gasteiger partial charge in [0.25, 0.3) is 0 Å². The largest absolute Gasteiger partial charge is 0.423 e. The molecule has 1 aliphatic rings. The molecule has 4 nitrogen and oxygen atoms in total. The zero-order valence-electron chi connectivity index (χ0n) is 17.4. The van der Waals surface area contributed by atoms with Gasteiger partial charge < -0.3 is 9.64 Å². The predicted octanol–water partition coefficient (Wildman–Crippen LogP) is 5.04. The topological polar surface area (TPSA) is 46.6 Å². The number of esters is 1. The summed E-state index contributed by atoms with van der Waals surface area (Å²) in [6, 6.07) is 16.9. The van der Waals surface area contributed by atoms with Crippen molar-refractivity contribution in [2.45, 2.75) is 19.3 Å². The van der Waals surface area contributed by atoms with E-state index < -0.39 is 5.97 Å². The molecule has 0 amide bonds. The third kappa shape index (κ3) is 6.97. The summed E-state index contributed by atoms with van der Waals surface area (Å²) in [5, 5.41) is 0. The minimum absolute atomic E-state index is 0. The molecule has 0 radical (unpaired) electrons. The Kier molecular flexibility index (Phi) is 9.03. The fraction of sp³-hybridized carbons (Fsp3) is 0.280. The van der Waals surface area contributed by atoms with Crippen molar-refractivity contribution >= 4 is 36.3 Å². The van der Waals surface area contributed by atoms with E-state index in [1.54, 1.807) is 18.2 Å². The van der Waals surface area contributed by atoms with E-state index in [0.717, 1.165) is 42.5 Å². The van der Waals surface area contributed by atoms with Gasteiger partial charge in [-0.05, 0) is 74.3 Å². The lowest BCUT2D eigenvalue weighted by Crippen LogP contribution is -2.31. The number of Topliss-reactive ketones (excluding diaryl/α,β-unsaturated/α-hetero) is 1. The monoisotopic (exact) mass is 425 g/mol. The van der Waals surface area contributed by atoms with Gasteiger partial charge >= 0.3 is 5.97 Å². The van der Waals surface area contributed by atoms with Crippen molar-refractivity contribution in [2.75, 3.05) is 20.6 Å². The average molecular weight is 426 g/mol. The Balaban J connectivity index is 0.00000320. The van der Waals surface area contributed by atoms with Crippen LogP contribution in [0.2, 0.25) is 0 Å². The Bertz CT molecular complexity index is 902. The smallest absolute Gasteiger partial charge is 0.336 e. The van der Waals surface area contributed by atoms with Gasteiger partial charge in [0.15, 0.2) is 5.78 Å². The number of nitrogens with zero attached hydrogens (tertiary/aromatic N) is 1. The third-order valence-corrected chi connectivity index (χ3v) is 4.92. The normalized spacial score (nSPS) is 17.9. The van der Waals surface area contributed by atoms with Crippen LogP contribution in [-0.2, 0) is 9.59 Å². The fourth-order valence-electron chi connectivity index (χ4n) is 3.53. The highest BCUT2D eigenvalue weighted by atomic mass is 35.5. The van der Waals surface area contributed by atoms with Crippen LogP contribution in [0, 0.1) is 5.92 Å². The molecule has 158 valence electrons. The fourth-order valence-corrected chi connectivity index (χ4v) is 3.53. The van der Waals surface area contributed by atoms with Crippen LogP contribution in [0.25, 0.3) is 12.2 Å². The van der Waals surface area contributed by atoms with E-state index in [4.69, 9.17) is 4.74 Å². The van der Waals surface area contributed by atoms with Crippen LogP contribution in [0.5, 0.6) is 5.75 Å². The van der Waals surface area contributed by atoms with Gasteiger partial charge in [0.05, 0.1) is 0 Å². The first kappa shape index (κ1) is 23.6. The molecular weight excluding hydrogens is 398 g/mol. The number of allylic oxidation sites excluding steroid dienone is 1. The Morgan fingerprint density at radius 1 is 1.07 bits per heavy atom. The first-order chi connectivity index (χ1) is 14.0. The highest BCUT2D eigenvalue weighted by Gasteiger charge is 2.26. The SMILES string of the molecule is CN(C)CC1CCC/C(=C\c2ccc(OC(=O)C=Cc3ccccc3)cc2)C1=O.Cl. The average Bonchev–Trinajstić information content (AvgIpc) is 2.71. The molecular formula is C25H28ClNO3. The van der Waals surface area contributed by atoms with Crippen molar-refractivity contribution in [3.63, 3.8) is 0 Å². The van der Waals surface area contributed by atoms with Crippen molar-refractivity contribution in [3.8, 4) is 5.75 Å². The molecule has 0 bridgehead atoms. The van der Waals surface area contributed by atoms with Gasteiger partial charge in [-0.2, -0.15) is 0 Å². The van der Waals surface area contributed by atoms with Crippen LogP contribution in [0.4, 0.5) is 0 Å². The summed E-state index contributed by atoms with van der Waals surface area (Å²) >= 11 is 0. The second-order valence-corrected chi connectivity index (χ2v) is 7.62. The van der Waals surface area contributed by atoms with Crippen LogP contribution < -0.4 is 4.74 Å². The van der Waals surface area contributed by atoms with Crippen molar-refractivity contribution in [2.24, 2.45) is 5.92 Å². The highest BCUT2D eigenvalue weighted by molar-refractivity contribution is 6.01. The van der Waals surface area contributed by atoms with Crippen LogP contribution in [-0.4, -0.2) is 37.3 Å². The molecule has 30 heavy (non-hydrogen) atoms. The maximum absolute atomic E-state index is 12.7. The van der Waals surface area contributed by atoms with Crippen LogP contribution in [0.3, 0.4) is 0 Å². The van der Waals surface area contributed by atoms with E-state index in [2.05, 4.69) is 4.90 Å². The number of hydrogen-bond acceptors (Lipinski definition) is 4. The first-order valence-corrected chi connectivity index (χ1v) is 9.96. The predicted molar refractivity (Wildman–Crippen MR) is 124 cm³/mol. The Morgan fingerprint density at radius 3 is 2.43 bits per heavy atom. The second kappa shape index (κ2) is 11.5. The number of ether oxygens (including phenoxy) is 1.